The first-order valence-electron chi connectivity index (χ1n) is 7.47. The highest BCUT2D eigenvalue weighted by molar-refractivity contribution is 5.78. The number of ether oxygens (including phenoxy) is 2. The monoisotopic (exact) mass is 269 g/mol. The van der Waals surface area contributed by atoms with Crippen LogP contribution in [0, 0.1) is 5.92 Å². The van der Waals surface area contributed by atoms with Crippen molar-refractivity contribution in [2.75, 3.05) is 32.8 Å². The maximum atomic E-state index is 6.03. The van der Waals surface area contributed by atoms with Gasteiger partial charge in [-0.3, -0.25) is 4.99 Å². The van der Waals surface area contributed by atoms with Crippen molar-refractivity contribution in [2.45, 2.75) is 45.3 Å². The van der Waals surface area contributed by atoms with Crippen molar-refractivity contribution >= 4 is 5.96 Å². The number of rotatable bonds is 5. The number of morpholine rings is 1. The lowest BCUT2D eigenvalue weighted by molar-refractivity contribution is -0.0258. The van der Waals surface area contributed by atoms with E-state index in [0.29, 0.717) is 12.1 Å². The molecule has 0 aromatic heterocycles. The molecule has 0 spiro atoms. The summed E-state index contributed by atoms with van der Waals surface area (Å²) < 4.78 is 11.1. The molecule has 0 amide bonds. The average molecular weight is 269 g/mol. The minimum atomic E-state index is 0.251. The minimum Gasteiger partial charge on any atom is -0.378 e. The molecule has 1 atom stereocenters. The minimum absolute atomic E-state index is 0.251. The molecular formula is C14H27N3O2. The lowest BCUT2D eigenvalue weighted by Gasteiger charge is -2.35. The number of hydrogen-bond acceptors (Lipinski definition) is 3. The molecule has 1 saturated carbocycles. The number of guanidine groups is 1. The fraction of sp³-hybridized carbons (Fsp3) is 0.929. The molecule has 0 aromatic carbocycles. The summed E-state index contributed by atoms with van der Waals surface area (Å²) in [7, 11) is 0. The van der Waals surface area contributed by atoms with E-state index in [4.69, 9.17) is 15.2 Å². The van der Waals surface area contributed by atoms with Gasteiger partial charge in [-0.1, -0.05) is 0 Å². The smallest absolute Gasteiger partial charge is 0.191 e. The maximum Gasteiger partial charge on any atom is 0.191 e. The predicted molar refractivity (Wildman–Crippen MR) is 76.2 cm³/mol. The van der Waals surface area contributed by atoms with Crippen molar-refractivity contribution < 1.29 is 9.47 Å². The van der Waals surface area contributed by atoms with Gasteiger partial charge in [0.05, 0.1) is 18.8 Å². The van der Waals surface area contributed by atoms with E-state index in [1.54, 1.807) is 0 Å². The van der Waals surface area contributed by atoms with Gasteiger partial charge in [-0.25, -0.2) is 0 Å². The molecule has 0 aromatic rings. The normalized spacial score (nSPS) is 32.2. The van der Waals surface area contributed by atoms with Gasteiger partial charge in [-0.05, 0) is 39.0 Å². The predicted octanol–water partition coefficient (Wildman–Crippen LogP) is 1.23. The Hall–Kier alpha value is -0.810. The van der Waals surface area contributed by atoms with E-state index in [-0.39, 0.29) is 6.10 Å². The summed E-state index contributed by atoms with van der Waals surface area (Å²) in [6, 6.07) is 0. The van der Waals surface area contributed by atoms with Crippen LogP contribution in [0.2, 0.25) is 0 Å². The molecule has 19 heavy (non-hydrogen) atoms. The highest BCUT2D eigenvalue weighted by Crippen LogP contribution is 2.32. The maximum absolute atomic E-state index is 6.03. The van der Waals surface area contributed by atoms with Crippen molar-refractivity contribution in [3.8, 4) is 0 Å². The molecule has 2 aliphatic rings. The fourth-order valence-corrected chi connectivity index (χ4v) is 2.77. The fourth-order valence-electron chi connectivity index (χ4n) is 2.77. The molecule has 5 heteroatoms. The van der Waals surface area contributed by atoms with Gasteiger partial charge in [0, 0.05) is 26.2 Å². The molecule has 110 valence electrons. The van der Waals surface area contributed by atoms with E-state index in [1.807, 2.05) is 0 Å². The highest BCUT2D eigenvalue weighted by atomic mass is 16.5. The zero-order valence-corrected chi connectivity index (χ0v) is 12.2. The first-order valence-corrected chi connectivity index (χ1v) is 7.47. The van der Waals surface area contributed by atoms with Gasteiger partial charge in [0.25, 0.3) is 0 Å². The van der Waals surface area contributed by atoms with E-state index in [2.05, 4.69) is 23.7 Å². The van der Waals surface area contributed by atoms with Crippen LogP contribution in [0.5, 0.6) is 0 Å². The summed E-state index contributed by atoms with van der Waals surface area (Å²) in [5, 5.41) is 0. The molecule has 1 unspecified atom stereocenters. The zero-order chi connectivity index (χ0) is 13.7. The summed E-state index contributed by atoms with van der Waals surface area (Å²) in [5.74, 6) is 1.45. The standard InChI is InChI=1S/C14H27N3O2/c1-3-18-13-8-12(9-13)4-5-16-14(15)17-6-7-19-11(2)10-17/h11-13H,3-10H2,1-2H3,(H2,15,16). The van der Waals surface area contributed by atoms with Crippen LogP contribution in [0.1, 0.15) is 33.1 Å². The molecule has 5 nitrogen and oxygen atoms in total. The summed E-state index contributed by atoms with van der Waals surface area (Å²) in [6.07, 6.45) is 4.26. The third-order valence-electron chi connectivity index (χ3n) is 3.97. The third-order valence-corrected chi connectivity index (χ3v) is 3.97. The van der Waals surface area contributed by atoms with Gasteiger partial charge in [0.1, 0.15) is 0 Å². The second-order valence-corrected chi connectivity index (χ2v) is 5.57. The molecule has 0 radical (unpaired) electrons. The SMILES string of the molecule is CCOC1CC(CCN=C(N)N2CCOC(C)C2)C1. The Morgan fingerprint density at radius 2 is 2.26 bits per heavy atom. The Morgan fingerprint density at radius 1 is 1.47 bits per heavy atom. The zero-order valence-electron chi connectivity index (χ0n) is 12.2. The van der Waals surface area contributed by atoms with Crippen LogP contribution in [0.3, 0.4) is 0 Å². The number of hydrogen-bond donors (Lipinski definition) is 1. The van der Waals surface area contributed by atoms with E-state index in [9.17, 15) is 0 Å². The second kappa shape index (κ2) is 7.10. The van der Waals surface area contributed by atoms with E-state index in [0.717, 1.165) is 45.2 Å². The molecule has 1 heterocycles. The third kappa shape index (κ3) is 4.35. The summed E-state index contributed by atoms with van der Waals surface area (Å²) >= 11 is 0. The summed E-state index contributed by atoms with van der Waals surface area (Å²) in [4.78, 5) is 6.62. The molecule has 1 aliphatic heterocycles. The Labute approximate surface area is 116 Å². The van der Waals surface area contributed by atoms with Crippen molar-refractivity contribution in [3.63, 3.8) is 0 Å². The van der Waals surface area contributed by atoms with Crippen molar-refractivity contribution in [1.82, 2.24) is 4.90 Å². The topological polar surface area (TPSA) is 60.1 Å². The highest BCUT2D eigenvalue weighted by Gasteiger charge is 2.28. The van der Waals surface area contributed by atoms with E-state index in [1.165, 1.54) is 12.8 Å². The quantitative estimate of drug-likeness (QED) is 0.602. The lowest BCUT2D eigenvalue weighted by Crippen LogP contribution is -2.48. The molecule has 2 N–H and O–H groups in total. The Kier molecular flexibility index (Phi) is 5.45. The van der Waals surface area contributed by atoms with Crippen LogP contribution < -0.4 is 5.73 Å². The number of nitrogens with two attached hydrogens (primary N) is 1. The second-order valence-electron chi connectivity index (χ2n) is 5.57. The van der Waals surface area contributed by atoms with Gasteiger partial charge in [0.2, 0.25) is 0 Å². The Bertz CT molecular complexity index is 303. The Morgan fingerprint density at radius 3 is 2.95 bits per heavy atom. The number of nitrogens with zero attached hydrogens (tertiary/aromatic N) is 2. The van der Waals surface area contributed by atoms with Gasteiger partial charge < -0.3 is 20.1 Å². The first kappa shape index (κ1) is 14.6. The van der Waals surface area contributed by atoms with Crippen LogP contribution in [0.15, 0.2) is 4.99 Å². The molecular weight excluding hydrogens is 242 g/mol. The average Bonchev–Trinajstić information content (AvgIpc) is 2.35. The van der Waals surface area contributed by atoms with Crippen molar-refractivity contribution in [1.29, 1.82) is 0 Å². The van der Waals surface area contributed by atoms with Crippen molar-refractivity contribution in [3.05, 3.63) is 0 Å². The van der Waals surface area contributed by atoms with Gasteiger partial charge in [0.15, 0.2) is 5.96 Å². The molecule has 2 rings (SSSR count). The molecule has 1 aliphatic carbocycles. The largest absolute Gasteiger partial charge is 0.378 e. The van der Waals surface area contributed by atoms with Gasteiger partial charge in [-0.2, -0.15) is 0 Å². The number of aliphatic imine (C=N–C) groups is 1. The van der Waals surface area contributed by atoms with Crippen LogP contribution in [0.4, 0.5) is 0 Å². The van der Waals surface area contributed by atoms with Gasteiger partial charge in [-0.15, -0.1) is 0 Å². The van der Waals surface area contributed by atoms with Crippen LogP contribution in [-0.2, 0) is 9.47 Å². The first-order chi connectivity index (χ1) is 9.19. The molecule has 1 saturated heterocycles. The van der Waals surface area contributed by atoms with E-state index >= 15 is 0 Å². The molecule has 2 fully saturated rings. The summed E-state index contributed by atoms with van der Waals surface area (Å²) in [6.45, 7) is 8.25. The van der Waals surface area contributed by atoms with Crippen LogP contribution >= 0.6 is 0 Å². The van der Waals surface area contributed by atoms with Crippen molar-refractivity contribution in [2.24, 2.45) is 16.6 Å². The van der Waals surface area contributed by atoms with Crippen LogP contribution in [0.25, 0.3) is 0 Å². The summed E-state index contributed by atoms with van der Waals surface area (Å²) in [5.41, 5.74) is 6.03. The lowest BCUT2D eigenvalue weighted by atomic mass is 9.80. The molecule has 0 bridgehead atoms. The van der Waals surface area contributed by atoms with E-state index < -0.39 is 0 Å². The van der Waals surface area contributed by atoms with Crippen LogP contribution in [-0.4, -0.2) is 55.9 Å². The van der Waals surface area contributed by atoms with Gasteiger partial charge >= 0.3 is 0 Å². The Balaban J connectivity index is 1.62.